The van der Waals surface area contributed by atoms with Gasteiger partial charge in [0, 0.05) is 18.4 Å². The molecule has 0 heterocycles. The van der Waals surface area contributed by atoms with Crippen LogP contribution in [0.4, 0.5) is 11.4 Å². The van der Waals surface area contributed by atoms with E-state index in [2.05, 4.69) is 5.32 Å². The predicted molar refractivity (Wildman–Crippen MR) is 50.6 cm³/mol. The molecule has 0 saturated heterocycles. The summed E-state index contributed by atoms with van der Waals surface area (Å²) in [4.78, 5) is 21.9. The Kier molecular flexibility index (Phi) is 3.03. The monoisotopic (exact) mass is 178 g/mol. The molecular weight excluding hydrogens is 168 g/mol. The zero-order valence-electron chi connectivity index (χ0n) is 7.23. The summed E-state index contributed by atoms with van der Waals surface area (Å²) in [6, 6.07) is 6.95. The van der Waals surface area contributed by atoms with Crippen LogP contribution >= 0.6 is 0 Å². The highest BCUT2D eigenvalue weighted by Crippen LogP contribution is 2.14. The lowest BCUT2D eigenvalue weighted by Crippen LogP contribution is -2.13. The minimum Gasteiger partial charge on any atom is -0.329 e. The fourth-order valence-electron chi connectivity index (χ4n) is 0.922. The van der Waals surface area contributed by atoms with E-state index in [1.54, 1.807) is 31.3 Å². The van der Waals surface area contributed by atoms with Crippen molar-refractivity contribution in [2.45, 2.75) is 0 Å². The number of hydrogen-bond acceptors (Lipinski definition) is 2. The van der Waals surface area contributed by atoms with Gasteiger partial charge in [-0.05, 0) is 24.3 Å². The first-order valence-electron chi connectivity index (χ1n) is 3.76. The van der Waals surface area contributed by atoms with E-state index in [1.807, 2.05) is 0 Å². The fourth-order valence-corrected chi connectivity index (χ4v) is 0.922. The molecule has 0 aromatic heterocycles. The topological polar surface area (TPSA) is 49.4 Å². The van der Waals surface area contributed by atoms with Gasteiger partial charge in [-0.15, -0.1) is 0 Å². The van der Waals surface area contributed by atoms with Crippen LogP contribution in [0.2, 0.25) is 0 Å². The molecule has 68 valence electrons. The smallest absolute Gasteiger partial charge is 0.213 e. The number of carbonyl (C=O) groups is 2. The van der Waals surface area contributed by atoms with Crippen LogP contribution in [-0.2, 0) is 9.59 Å². The van der Waals surface area contributed by atoms with E-state index < -0.39 is 0 Å². The average molecular weight is 178 g/mol. The Morgan fingerprint density at radius 1 is 1.23 bits per heavy atom. The van der Waals surface area contributed by atoms with Gasteiger partial charge in [-0.25, -0.2) is 0 Å². The Hall–Kier alpha value is -1.84. The van der Waals surface area contributed by atoms with Gasteiger partial charge in [0.25, 0.3) is 0 Å². The van der Waals surface area contributed by atoms with Gasteiger partial charge >= 0.3 is 0 Å². The van der Waals surface area contributed by atoms with E-state index in [1.165, 1.54) is 4.90 Å². The van der Waals surface area contributed by atoms with Crippen LogP contribution in [-0.4, -0.2) is 19.9 Å². The molecule has 2 amide bonds. The first-order valence-corrected chi connectivity index (χ1v) is 3.76. The zero-order chi connectivity index (χ0) is 9.68. The minimum absolute atomic E-state index is 0.610. The van der Waals surface area contributed by atoms with E-state index in [0.29, 0.717) is 12.1 Å². The average Bonchev–Trinajstić information content (AvgIpc) is 2.18. The van der Waals surface area contributed by atoms with Crippen LogP contribution in [0.1, 0.15) is 0 Å². The predicted octanol–water partition coefficient (Wildman–Crippen LogP) is 0.847. The van der Waals surface area contributed by atoms with Crippen LogP contribution in [0.3, 0.4) is 0 Å². The van der Waals surface area contributed by atoms with Crippen molar-refractivity contribution >= 4 is 24.2 Å². The summed E-state index contributed by atoms with van der Waals surface area (Å²) < 4.78 is 0. The van der Waals surface area contributed by atoms with Crippen molar-refractivity contribution in [1.82, 2.24) is 0 Å². The molecule has 4 nitrogen and oxygen atoms in total. The number of rotatable bonds is 4. The van der Waals surface area contributed by atoms with Gasteiger partial charge in [0.15, 0.2) is 0 Å². The third-order valence-corrected chi connectivity index (χ3v) is 1.66. The molecule has 0 bridgehead atoms. The van der Waals surface area contributed by atoms with Gasteiger partial charge in [-0.2, -0.15) is 0 Å². The molecule has 1 rings (SSSR count). The van der Waals surface area contributed by atoms with Crippen LogP contribution in [0.15, 0.2) is 24.3 Å². The second-order valence-corrected chi connectivity index (χ2v) is 2.53. The summed E-state index contributed by atoms with van der Waals surface area (Å²) in [6.07, 6.45) is 1.33. The maximum absolute atomic E-state index is 10.4. The number of nitrogens with zero attached hydrogens (tertiary/aromatic N) is 1. The number of carbonyl (C=O) groups excluding carboxylic acids is 2. The highest BCUT2D eigenvalue weighted by atomic mass is 16.1. The first kappa shape index (κ1) is 9.25. The number of amides is 2. The number of nitrogens with one attached hydrogen (secondary N) is 1. The minimum atomic E-state index is 0.610. The molecule has 0 atom stereocenters. The lowest BCUT2D eigenvalue weighted by molar-refractivity contribution is -0.107. The van der Waals surface area contributed by atoms with Crippen molar-refractivity contribution < 1.29 is 9.59 Å². The Balaban J connectivity index is 2.80. The summed E-state index contributed by atoms with van der Waals surface area (Å²) in [5.74, 6) is 0. The molecule has 0 aliphatic rings. The lowest BCUT2D eigenvalue weighted by atomic mass is 10.3. The maximum atomic E-state index is 10.4. The van der Waals surface area contributed by atoms with Gasteiger partial charge in [-0.1, -0.05) is 0 Å². The largest absolute Gasteiger partial charge is 0.329 e. The highest BCUT2D eigenvalue weighted by Gasteiger charge is 1.97. The second-order valence-electron chi connectivity index (χ2n) is 2.53. The third kappa shape index (κ3) is 2.30. The van der Waals surface area contributed by atoms with Crippen molar-refractivity contribution in [3.8, 4) is 0 Å². The molecule has 0 saturated carbocycles. The van der Waals surface area contributed by atoms with Crippen molar-refractivity contribution in [2.75, 3.05) is 17.3 Å². The molecule has 0 radical (unpaired) electrons. The quantitative estimate of drug-likeness (QED) is 0.695. The van der Waals surface area contributed by atoms with E-state index in [4.69, 9.17) is 0 Å². The highest BCUT2D eigenvalue weighted by molar-refractivity contribution is 5.77. The number of benzene rings is 1. The van der Waals surface area contributed by atoms with Crippen LogP contribution < -0.4 is 10.2 Å². The number of hydrogen-bond donors (Lipinski definition) is 1. The fraction of sp³-hybridized carbons (Fsp3) is 0.111. The van der Waals surface area contributed by atoms with E-state index in [-0.39, 0.29) is 0 Å². The molecule has 1 N–H and O–H groups in total. The van der Waals surface area contributed by atoms with Crippen molar-refractivity contribution in [2.24, 2.45) is 0 Å². The van der Waals surface area contributed by atoms with Crippen LogP contribution in [0.5, 0.6) is 0 Å². The Morgan fingerprint density at radius 2 is 1.85 bits per heavy atom. The standard InChI is InChI=1S/C9H10N2O2/c1-11(7-13)9-4-2-8(3-5-9)10-6-12/h2-7H,1H3,(H,10,12). The van der Waals surface area contributed by atoms with Gasteiger partial charge < -0.3 is 10.2 Å². The summed E-state index contributed by atoms with van der Waals surface area (Å²) in [5, 5.41) is 2.50. The summed E-state index contributed by atoms with van der Waals surface area (Å²) in [7, 11) is 1.66. The molecule has 0 aliphatic carbocycles. The Bertz CT molecular complexity index is 295. The molecule has 4 heteroatoms. The molecule has 0 unspecified atom stereocenters. The normalized spacial score (nSPS) is 9.00. The van der Waals surface area contributed by atoms with Gasteiger partial charge in [0.05, 0.1) is 0 Å². The van der Waals surface area contributed by atoms with Crippen molar-refractivity contribution in [1.29, 1.82) is 0 Å². The van der Waals surface area contributed by atoms with E-state index >= 15 is 0 Å². The third-order valence-electron chi connectivity index (χ3n) is 1.66. The van der Waals surface area contributed by atoms with E-state index in [0.717, 1.165) is 12.1 Å². The van der Waals surface area contributed by atoms with Gasteiger partial charge in [0.1, 0.15) is 0 Å². The molecule has 1 aromatic rings. The SMILES string of the molecule is CN(C=O)c1ccc(NC=O)cc1. The molecule has 1 aromatic carbocycles. The summed E-state index contributed by atoms with van der Waals surface area (Å²) in [5.41, 5.74) is 1.49. The molecule has 0 spiro atoms. The Labute approximate surface area is 76.2 Å². The van der Waals surface area contributed by atoms with Crippen LogP contribution in [0, 0.1) is 0 Å². The summed E-state index contributed by atoms with van der Waals surface area (Å²) >= 11 is 0. The van der Waals surface area contributed by atoms with Crippen molar-refractivity contribution in [3.63, 3.8) is 0 Å². The molecule has 0 fully saturated rings. The summed E-state index contributed by atoms with van der Waals surface area (Å²) in [6.45, 7) is 0. The van der Waals surface area contributed by atoms with Crippen LogP contribution in [0.25, 0.3) is 0 Å². The molecular formula is C9H10N2O2. The maximum Gasteiger partial charge on any atom is 0.213 e. The molecule has 0 aliphatic heterocycles. The van der Waals surface area contributed by atoms with E-state index in [9.17, 15) is 9.59 Å². The Morgan fingerprint density at radius 3 is 2.31 bits per heavy atom. The van der Waals surface area contributed by atoms with Gasteiger partial charge in [-0.3, -0.25) is 9.59 Å². The lowest BCUT2D eigenvalue weighted by Gasteiger charge is -2.10. The first-order chi connectivity index (χ1) is 6.27. The second kappa shape index (κ2) is 4.25. The zero-order valence-corrected chi connectivity index (χ0v) is 7.23. The molecule has 13 heavy (non-hydrogen) atoms. The number of anilines is 2. The van der Waals surface area contributed by atoms with Gasteiger partial charge in [0.2, 0.25) is 12.8 Å². The van der Waals surface area contributed by atoms with Crippen molar-refractivity contribution in [3.05, 3.63) is 24.3 Å².